The number of ketones is 1. The summed E-state index contributed by atoms with van der Waals surface area (Å²) in [4.78, 5) is 21.4. The highest BCUT2D eigenvalue weighted by Crippen LogP contribution is 2.19. The molecule has 0 unspecified atom stereocenters. The average Bonchev–Trinajstić information content (AvgIpc) is 2.30. The Labute approximate surface area is 69.1 Å². The molecule has 0 aromatic heterocycles. The molecule has 0 aromatic rings. The van der Waals surface area contributed by atoms with Gasteiger partial charge in [-0.25, -0.2) is 4.79 Å². The number of esters is 1. The van der Waals surface area contributed by atoms with Crippen LogP contribution in [0.4, 0.5) is 0 Å². The van der Waals surface area contributed by atoms with Gasteiger partial charge in [0.25, 0.3) is 0 Å². The lowest BCUT2D eigenvalue weighted by Gasteiger charge is -1.95. The van der Waals surface area contributed by atoms with Crippen molar-refractivity contribution in [2.24, 2.45) is 0 Å². The lowest BCUT2D eigenvalue weighted by molar-refractivity contribution is -0.134. The van der Waals surface area contributed by atoms with E-state index in [1.807, 2.05) is 0 Å². The molecule has 0 radical (unpaired) electrons. The average molecular weight is 168 g/mol. The Morgan fingerprint density at radius 3 is 2.83 bits per heavy atom. The van der Waals surface area contributed by atoms with Gasteiger partial charge in [0.15, 0.2) is 5.78 Å². The molecule has 0 bridgehead atoms. The number of aliphatic hydroxyl groups is 1. The molecule has 0 aliphatic heterocycles. The predicted molar refractivity (Wildman–Crippen MR) is 40.4 cm³/mol. The number of rotatable bonds is 1. The zero-order valence-electron chi connectivity index (χ0n) is 6.53. The third-order valence-corrected chi connectivity index (χ3v) is 1.48. The summed E-state index contributed by atoms with van der Waals surface area (Å²) < 4.78 is 4.33. The van der Waals surface area contributed by atoms with Gasteiger partial charge < -0.3 is 9.84 Å². The number of allylic oxidation sites excluding steroid dienone is 2. The van der Waals surface area contributed by atoms with Crippen molar-refractivity contribution in [2.45, 2.75) is 6.42 Å². The maximum Gasteiger partial charge on any atom is 0.330 e. The van der Waals surface area contributed by atoms with Gasteiger partial charge in [-0.1, -0.05) is 0 Å². The molecule has 0 aromatic carbocycles. The molecule has 0 amide bonds. The van der Waals surface area contributed by atoms with E-state index in [0.717, 1.165) is 12.2 Å². The summed E-state index contributed by atoms with van der Waals surface area (Å²) in [6, 6.07) is 0. The molecule has 0 saturated heterocycles. The molecule has 0 heterocycles. The largest absolute Gasteiger partial charge is 0.508 e. The fraction of sp³-hybridized carbons (Fsp3) is 0.250. The van der Waals surface area contributed by atoms with Crippen LogP contribution < -0.4 is 0 Å². The van der Waals surface area contributed by atoms with Gasteiger partial charge in [0.2, 0.25) is 0 Å². The normalized spacial score (nSPS) is 19.6. The highest BCUT2D eigenvalue weighted by molar-refractivity contribution is 5.98. The number of methoxy groups -OCH3 is 1. The summed E-state index contributed by atoms with van der Waals surface area (Å²) >= 11 is 0. The van der Waals surface area contributed by atoms with E-state index in [1.165, 1.54) is 7.11 Å². The van der Waals surface area contributed by atoms with E-state index < -0.39 is 5.97 Å². The summed E-state index contributed by atoms with van der Waals surface area (Å²) in [5.41, 5.74) is 0.312. The second kappa shape index (κ2) is 3.21. The monoisotopic (exact) mass is 168 g/mol. The molecule has 1 aliphatic carbocycles. The number of ether oxygens (including phenoxy) is 1. The van der Waals surface area contributed by atoms with Crippen LogP contribution in [0.1, 0.15) is 6.42 Å². The Morgan fingerprint density at radius 1 is 1.75 bits per heavy atom. The Bertz CT molecular complexity index is 285. The third-order valence-electron chi connectivity index (χ3n) is 1.48. The highest BCUT2D eigenvalue weighted by atomic mass is 16.5. The molecule has 0 spiro atoms. The van der Waals surface area contributed by atoms with Gasteiger partial charge in [-0.15, -0.1) is 0 Å². The number of hydrogen-bond donors (Lipinski definition) is 1. The number of carbonyl (C=O) groups is 2. The van der Waals surface area contributed by atoms with Crippen molar-refractivity contribution in [1.29, 1.82) is 0 Å². The molecule has 4 nitrogen and oxygen atoms in total. The van der Waals surface area contributed by atoms with E-state index in [4.69, 9.17) is 5.11 Å². The van der Waals surface area contributed by atoms with Gasteiger partial charge in [-0.2, -0.15) is 0 Å². The molecule has 1 aliphatic rings. The second-order valence-electron chi connectivity index (χ2n) is 2.37. The van der Waals surface area contributed by atoms with E-state index >= 15 is 0 Å². The maximum atomic E-state index is 10.7. The van der Waals surface area contributed by atoms with Crippen LogP contribution >= 0.6 is 0 Å². The Balaban J connectivity index is 2.79. The molecule has 4 heteroatoms. The minimum Gasteiger partial charge on any atom is -0.508 e. The van der Waals surface area contributed by atoms with Crippen LogP contribution in [-0.2, 0) is 14.3 Å². The van der Waals surface area contributed by atoms with Crippen LogP contribution in [0.2, 0.25) is 0 Å². The number of carbonyl (C=O) groups excluding carboxylic acids is 2. The summed E-state index contributed by atoms with van der Waals surface area (Å²) in [5.74, 6) is -0.923. The van der Waals surface area contributed by atoms with Crippen LogP contribution in [-0.4, -0.2) is 24.0 Å². The van der Waals surface area contributed by atoms with Crippen molar-refractivity contribution in [3.63, 3.8) is 0 Å². The van der Waals surface area contributed by atoms with Gasteiger partial charge in [-0.05, 0) is 0 Å². The fourth-order valence-corrected chi connectivity index (χ4v) is 0.901. The maximum absolute atomic E-state index is 10.7. The summed E-state index contributed by atoms with van der Waals surface area (Å²) in [6.07, 6.45) is 2.27. The summed E-state index contributed by atoms with van der Waals surface area (Å²) in [7, 11) is 1.23. The Morgan fingerprint density at radius 2 is 2.42 bits per heavy atom. The van der Waals surface area contributed by atoms with Crippen molar-refractivity contribution in [3.05, 3.63) is 23.5 Å². The van der Waals surface area contributed by atoms with Crippen molar-refractivity contribution in [3.8, 4) is 0 Å². The van der Waals surface area contributed by atoms with Crippen molar-refractivity contribution >= 4 is 11.8 Å². The topological polar surface area (TPSA) is 63.6 Å². The van der Waals surface area contributed by atoms with Crippen LogP contribution in [0.5, 0.6) is 0 Å². The molecule has 0 fully saturated rings. The van der Waals surface area contributed by atoms with Crippen molar-refractivity contribution in [1.82, 2.24) is 0 Å². The zero-order chi connectivity index (χ0) is 9.14. The Kier molecular flexibility index (Phi) is 2.28. The lowest BCUT2D eigenvalue weighted by atomic mass is 10.2. The molecule has 12 heavy (non-hydrogen) atoms. The first kappa shape index (κ1) is 8.52. The summed E-state index contributed by atoms with van der Waals surface area (Å²) in [6.45, 7) is 0. The third kappa shape index (κ3) is 1.72. The first-order chi connectivity index (χ1) is 5.63. The molecule has 0 saturated carbocycles. The van der Waals surface area contributed by atoms with Gasteiger partial charge in [-0.3, -0.25) is 4.79 Å². The molecule has 0 atom stereocenters. The highest BCUT2D eigenvalue weighted by Gasteiger charge is 2.18. The van der Waals surface area contributed by atoms with Gasteiger partial charge >= 0.3 is 5.97 Å². The van der Waals surface area contributed by atoms with Crippen LogP contribution in [0.3, 0.4) is 0 Å². The number of aliphatic hydroxyl groups excluding tert-OH is 1. The lowest BCUT2D eigenvalue weighted by Crippen LogP contribution is -1.97. The quantitative estimate of drug-likeness (QED) is 0.457. The van der Waals surface area contributed by atoms with Crippen LogP contribution in [0, 0.1) is 0 Å². The standard InChI is InChI=1S/C8H8O4/c1-12-8(11)3-5-2-6(9)4-7(5)10/h3-4,10H,2H2,1H3/b5-3-. The molecular weight excluding hydrogens is 160 g/mol. The molecule has 1 rings (SSSR count). The van der Waals surface area contributed by atoms with Crippen LogP contribution in [0.15, 0.2) is 23.5 Å². The molecule has 1 N–H and O–H groups in total. The SMILES string of the molecule is COC(=O)/C=C1/CC(=O)C=C1O. The first-order valence-electron chi connectivity index (χ1n) is 3.36. The van der Waals surface area contributed by atoms with E-state index in [1.54, 1.807) is 0 Å². The smallest absolute Gasteiger partial charge is 0.330 e. The van der Waals surface area contributed by atoms with Gasteiger partial charge in [0.05, 0.1) is 7.11 Å². The van der Waals surface area contributed by atoms with Crippen LogP contribution in [0.25, 0.3) is 0 Å². The minimum absolute atomic E-state index is 0.0704. The zero-order valence-corrected chi connectivity index (χ0v) is 6.53. The predicted octanol–water partition coefficient (Wildman–Crippen LogP) is 0.500. The molecule has 64 valence electrons. The molecular formula is C8H8O4. The second-order valence-corrected chi connectivity index (χ2v) is 2.37. The number of hydrogen-bond acceptors (Lipinski definition) is 4. The van der Waals surface area contributed by atoms with Gasteiger partial charge in [0.1, 0.15) is 5.76 Å². The van der Waals surface area contributed by atoms with E-state index in [2.05, 4.69) is 4.74 Å². The van der Waals surface area contributed by atoms with Gasteiger partial charge in [0, 0.05) is 24.1 Å². The summed E-state index contributed by atoms with van der Waals surface area (Å²) in [5, 5.41) is 9.07. The first-order valence-corrected chi connectivity index (χ1v) is 3.36. The van der Waals surface area contributed by atoms with E-state index in [0.29, 0.717) is 5.57 Å². The Hall–Kier alpha value is -1.58. The fourth-order valence-electron chi connectivity index (χ4n) is 0.901. The van der Waals surface area contributed by atoms with E-state index in [9.17, 15) is 9.59 Å². The van der Waals surface area contributed by atoms with Crippen molar-refractivity contribution < 1.29 is 19.4 Å². The minimum atomic E-state index is -0.570. The van der Waals surface area contributed by atoms with Crippen molar-refractivity contribution in [2.75, 3.05) is 7.11 Å². The van der Waals surface area contributed by atoms with E-state index in [-0.39, 0.29) is 18.0 Å².